The Morgan fingerprint density at radius 3 is 2.28 bits per heavy atom. The third-order valence-corrected chi connectivity index (χ3v) is 6.42. The van der Waals surface area contributed by atoms with Crippen LogP contribution >= 0.6 is 11.6 Å². The Hall–Kier alpha value is -4.30. The summed E-state index contributed by atoms with van der Waals surface area (Å²) in [5, 5.41) is 3.53. The Morgan fingerprint density at radius 1 is 0.872 bits per heavy atom. The van der Waals surface area contributed by atoms with E-state index in [1.807, 2.05) is 37.3 Å². The topological polar surface area (TPSA) is 45.5 Å². The second-order valence-electron chi connectivity index (χ2n) is 9.07. The molecule has 0 spiro atoms. The van der Waals surface area contributed by atoms with Crippen molar-refractivity contribution < 1.29 is 26.8 Å². The summed E-state index contributed by atoms with van der Waals surface area (Å²) >= 11 is 6.10. The van der Waals surface area contributed by atoms with E-state index >= 15 is 0 Å². The molecule has 1 N–H and O–H groups in total. The van der Waals surface area contributed by atoms with Gasteiger partial charge in [0.1, 0.15) is 28.7 Å². The number of nitrogens with zero attached hydrogens (tertiary/aromatic N) is 1. The van der Waals surface area contributed by atoms with Crippen molar-refractivity contribution in [3.63, 3.8) is 0 Å². The first-order chi connectivity index (χ1) is 18.7. The summed E-state index contributed by atoms with van der Waals surface area (Å²) in [4.78, 5) is 14.6. The van der Waals surface area contributed by atoms with Crippen molar-refractivity contribution in [2.24, 2.45) is 0 Å². The lowest BCUT2D eigenvalue weighted by atomic mass is 10.0. The van der Waals surface area contributed by atoms with Crippen LogP contribution in [0.4, 0.5) is 28.0 Å². The molecule has 0 bridgehead atoms. The van der Waals surface area contributed by atoms with Crippen molar-refractivity contribution in [2.45, 2.75) is 20.0 Å². The van der Waals surface area contributed by atoms with Gasteiger partial charge in [0, 0.05) is 34.6 Å². The normalized spacial score (nSPS) is 11.1. The van der Waals surface area contributed by atoms with Crippen LogP contribution in [0.15, 0.2) is 83.3 Å². The molecule has 5 aromatic rings. The van der Waals surface area contributed by atoms with Gasteiger partial charge >= 0.3 is 6.03 Å². The average Bonchev–Trinajstić information content (AvgIpc) is 3.23. The van der Waals surface area contributed by atoms with Crippen molar-refractivity contribution in [1.82, 2.24) is 4.90 Å². The van der Waals surface area contributed by atoms with Gasteiger partial charge in [0.25, 0.3) is 0 Å². The van der Waals surface area contributed by atoms with Crippen LogP contribution in [-0.4, -0.2) is 10.9 Å². The number of amides is 2. The molecule has 0 unspecified atom stereocenters. The van der Waals surface area contributed by atoms with Crippen LogP contribution in [0.25, 0.3) is 22.1 Å². The van der Waals surface area contributed by atoms with Crippen molar-refractivity contribution in [3.8, 4) is 11.1 Å². The first kappa shape index (κ1) is 26.3. The molecule has 0 aliphatic heterocycles. The van der Waals surface area contributed by atoms with Crippen LogP contribution in [0, 0.1) is 30.2 Å². The summed E-state index contributed by atoms with van der Waals surface area (Å²) in [7, 11) is 0. The number of nitrogens with one attached hydrogen (secondary N) is 1. The Labute approximate surface area is 226 Å². The number of urea groups is 1. The molecule has 4 nitrogen and oxygen atoms in total. The van der Waals surface area contributed by atoms with Gasteiger partial charge in [0.2, 0.25) is 0 Å². The fourth-order valence-corrected chi connectivity index (χ4v) is 4.51. The van der Waals surface area contributed by atoms with E-state index in [-0.39, 0.29) is 13.1 Å². The summed E-state index contributed by atoms with van der Waals surface area (Å²) in [5.41, 5.74) is 2.68. The lowest BCUT2D eigenvalue weighted by Gasteiger charge is -2.23. The predicted molar refractivity (Wildman–Crippen MR) is 142 cm³/mol. The molecular formula is C30H21ClF4N2O2. The molecule has 0 fully saturated rings. The maximum atomic E-state index is 14.3. The molecule has 5 rings (SSSR count). The van der Waals surface area contributed by atoms with Gasteiger partial charge in [-0.25, -0.2) is 22.4 Å². The summed E-state index contributed by atoms with van der Waals surface area (Å²) in [6, 6.07) is 18.4. The molecule has 0 aliphatic carbocycles. The van der Waals surface area contributed by atoms with Gasteiger partial charge in [-0.15, -0.1) is 0 Å². The smallest absolute Gasteiger partial charge is 0.322 e. The maximum Gasteiger partial charge on any atom is 0.322 e. The van der Waals surface area contributed by atoms with E-state index in [1.54, 1.807) is 18.2 Å². The largest absolute Gasteiger partial charge is 0.459 e. The zero-order valence-corrected chi connectivity index (χ0v) is 21.3. The summed E-state index contributed by atoms with van der Waals surface area (Å²) in [6.45, 7) is 1.68. The molecule has 0 saturated carbocycles. The van der Waals surface area contributed by atoms with Gasteiger partial charge in [-0.3, -0.25) is 0 Å². The van der Waals surface area contributed by atoms with Crippen LogP contribution in [-0.2, 0) is 13.1 Å². The quantitative estimate of drug-likeness (QED) is 0.214. The molecule has 0 radical (unpaired) electrons. The van der Waals surface area contributed by atoms with E-state index in [2.05, 4.69) is 5.32 Å². The molecule has 0 aliphatic rings. The number of carbonyl (C=O) groups excluding carboxylic acids is 1. The molecule has 0 atom stereocenters. The van der Waals surface area contributed by atoms with Gasteiger partial charge in [-0.2, -0.15) is 0 Å². The van der Waals surface area contributed by atoms with Gasteiger partial charge in [-0.05, 0) is 54.4 Å². The highest BCUT2D eigenvalue weighted by molar-refractivity contribution is 6.30. The van der Waals surface area contributed by atoms with Crippen LogP contribution in [0.1, 0.15) is 16.9 Å². The molecule has 2 amide bonds. The van der Waals surface area contributed by atoms with Gasteiger partial charge in [0.05, 0.1) is 6.54 Å². The van der Waals surface area contributed by atoms with Crippen molar-refractivity contribution >= 4 is 34.3 Å². The van der Waals surface area contributed by atoms with Crippen LogP contribution in [0.3, 0.4) is 0 Å². The minimum atomic E-state index is -1.27. The monoisotopic (exact) mass is 552 g/mol. The number of hydrogen-bond acceptors (Lipinski definition) is 2. The number of aryl methyl sites for hydroxylation is 1. The number of benzene rings is 4. The minimum Gasteiger partial charge on any atom is -0.459 e. The van der Waals surface area contributed by atoms with Gasteiger partial charge in [-0.1, -0.05) is 47.5 Å². The van der Waals surface area contributed by atoms with Crippen LogP contribution < -0.4 is 5.32 Å². The summed E-state index contributed by atoms with van der Waals surface area (Å²) in [6.07, 6.45) is 0. The highest BCUT2D eigenvalue weighted by atomic mass is 35.5. The zero-order chi connectivity index (χ0) is 27.7. The molecule has 4 aromatic carbocycles. The average molecular weight is 553 g/mol. The first-order valence-electron chi connectivity index (χ1n) is 11.9. The predicted octanol–water partition coefficient (Wildman–Crippen LogP) is 8.85. The minimum absolute atomic E-state index is 0.121. The van der Waals surface area contributed by atoms with E-state index < -0.39 is 35.0 Å². The van der Waals surface area contributed by atoms with Crippen LogP contribution in [0.2, 0.25) is 5.02 Å². The maximum absolute atomic E-state index is 14.3. The SMILES string of the molecule is Cc1ccc2oc(CN(Cc3cccc(F)c3)C(=O)Nc3c(F)cc(F)cc3F)c(-c3ccc(Cl)cc3)c2c1. The molecule has 39 heavy (non-hydrogen) atoms. The molecule has 0 saturated heterocycles. The van der Waals surface area contributed by atoms with Gasteiger partial charge < -0.3 is 14.6 Å². The lowest BCUT2D eigenvalue weighted by Crippen LogP contribution is -2.34. The Kier molecular flexibility index (Phi) is 7.30. The summed E-state index contributed by atoms with van der Waals surface area (Å²) < 4.78 is 62.2. The lowest BCUT2D eigenvalue weighted by molar-refractivity contribution is 0.201. The van der Waals surface area contributed by atoms with E-state index in [9.17, 15) is 22.4 Å². The van der Waals surface area contributed by atoms with Crippen molar-refractivity contribution in [3.05, 3.63) is 124 Å². The van der Waals surface area contributed by atoms with Crippen molar-refractivity contribution in [1.29, 1.82) is 0 Å². The highest BCUT2D eigenvalue weighted by Crippen LogP contribution is 2.37. The number of rotatable bonds is 6. The highest BCUT2D eigenvalue weighted by Gasteiger charge is 2.24. The molecule has 198 valence electrons. The second kappa shape index (κ2) is 10.8. The molecular weight excluding hydrogens is 532 g/mol. The first-order valence-corrected chi connectivity index (χ1v) is 12.3. The summed E-state index contributed by atoms with van der Waals surface area (Å²) in [5.74, 6) is -3.78. The van der Waals surface area contributed by atoms with E-state index in [0.717, 1.165) is 16.5 Å². The van der Waals surface area contributed by atoms with E-state index in [4.69, 9.17) is 16.0 Å². The second-order valence-corrected chi connectivity index (χ2v) is 9.50. The third kappa shape index (κ3) is 5.76. The number of halogens is 5. The third-order valence-electron chi connectivity index (χ3n) is 6.17. The Balaban J connectivity index is 1.58. The molecule has 1 aromatic heterocycles. The Bertz CT molecular complexity index is 1660. The fourth-order valence-electron chi connectivity index (χ4n) is 4.38. The van der Waals surface area contributed by atoms with E-state index in [1.165, 1.54) is 23.1 Å². The zero-order valence-electron chi connectivity index (χ0n) is 20.6. The van der Waals surface area contributed by atoms with Gasteiger partial charge in [0.15, 0.2) is 11.6 Å². The number of fused-ring (bicyclic) bond motifs is 1. The Morgan fingerprint density at radius 2 is 1.59 bits per heavy atom. The van der Waals surface area contributed by atoms with E-state index in [0.29, 0.717) is 39.6 Å². The standard InChI is InChI=1S/C30H21ClF4N2O2/c1-17-5-10-26-23(11-17)28(19-6-8-20(31)9-7-19)27(39-26)16-37(15-18-3-2-4-21(32)12-18)30(38)36-29-24(34)13-22(33)14-25(29)35/h2-14H,15-16H2,1H3,(H,36,38). The van der Waals surface area contributed by atoms with Crippen LogP contribution in [0.5, 0.6) is 0 Å². The molecule has 9 heteroatoms. The number of carbonyl (C=O) groups is 1. The van der Waals surface area contributed by atoms with Crippen molar-refractivity contribution in [2.75, 3.05) is 5.32 Å². The number of hydrogen-bond donors (Lipinski definition) is 1. The molecule has 1 heterocycles. The fraction of sp³-hybridized carbons (Fsp3) is 0.100. The number of anilines is 1. The number of furan rings is 1.